The normalized spacial score (nSPS) is 14.2. The maximum absolute atomic E-state index is 12.1. The molecule has 0 radical (unpaired) electrons. The summed E-state index contributed by atoms with van der Waals surface area (Å²) in [7, 11) is 0. The van der Waals surface area contributed by atoms with Gasteiger partial charge >= 0.3 is 0 Å². The highest BCUT2D eigenvalue weighted by atomic mass is 35.5. The molecule has 2 aromatic rings. The third-order valence-corrected chi connectivity index (χ3v) is 3.67. The van der Waals surface area contributed by atoms with Crippen LogP contribution in [-0.2, 0) is 0 Å². The van der Waals surface area contributed by atoms with Gasteiger partial charge < -0.3 is 5.32 Å². The summed E-state index contributed by atoms with van der Waals surface area (Å²) in [6.07, 6.45) is 2.57. The van der Waals surface area contributed by atoms with E-state index in [1.165, 1.54) is 18.4 Å². The lowest BCUT2D eigenvalue weighted by Gasteiger charge is -2.07. The quantitative estimate of drug-likeness (QED) is 0.877. The van der Waals surface area contributed by atoms with E-state index in [1.807, 2.05) is 18.2 Å². The van der Waals surface area contributed by atoms with Crippen LogP contribution in [0.1, 0.15) is 34.7 Å². The van der Waals surface area contributed by atoms with Crippen molar-refractivity contribution in [2.24, 2.45) is 0 Å². The molecule has 2 aromatic carbocycles. The van der Waals surface area contributed by atoms with Crippen molar-refractivity contribution in [1.29, 1.82) is 0 Å². The number of hydrogen-bond acceptors (Lipinski definition) is 1. The summed E-state index contributed by atoms with van der Waals surface area (Å²) < 4.78 is 0. The number of anilines is 1. The average Bonchev–Trinajstić information content (AvgIpc) is 3.24. The minimum Gasteiger partial charge on any atom is -0.322 e. The summed E-state index contributed by atoms with van der Waals surface area (Å²) in [5, 5.41) is 3.33. The maximum Gasteiger partial charge on any atom is 0.257 e. The fourth-order valence-corrected chi connectivity index (χ4v) is 2.32. The van der Waals surface area contributed by atoms with Crippen LogP contribution in [0.2, 0.25) is 5.02 Å². The number of halogens is 1. The van der Waals surface area contributed by atoms with Gasteiger partial charge in [0.25, 0.3) is 5.91 Å². The van der Waals surface area contributed by atoms with E-state index in [0.29, 0.717) is 10.6 Å². The predicted molar refractivity (Wildman–Crippen MR) is 77.8 cm³/mol. The minimum absolute atomic E-state index is 0.176. The number of hydrogen-bond donors (Lipinski definition) is 1. The summed E-state index contributed by atoms with van der Waals surface area (Å²) in [4.78, 5) is 12.1. The highest BCUT2D eigenvalue weighted by Gasteiger charge is 2.23. The van der Waals surface area contributed by atoms with Crippen LogP contribution >= 0.6 is 11.6 Å². The Hall–Kier alpha value is -1.80. The fraction of sp³-hybridized carbons (Fsp3) is 0.188. The number of benzene rings is 2. The molecule has 3 rings (SSSR count). The minimum atomic E-state index is -0.176. The molecule has 0 aliphatic heterocycles. The fourth-order valence-electron chi connectivity index (χ4n) is 2.10. The SMILES string of the molecule is O=C(Nc1ccc(C2CC2)cc1)c1ccccc1Cl. The molecule has 2 nitrogen and oxygen atoms in total. The van der Waals surface area contributed by atoms with E-state index in [9.17, 15) is 4.79 Å². The highest BCUT2D eigenvalue weighted by molar-refractivity contribution is 6.34. The molecule has 0 aromatic heterocycles. The Morgan fingerprint density at radius 3 is 2.37 bits per heavy atom. The molecule has 19 heavy (non-hydrogen) atoms. The van der Waals surface area contributed by atoms with E-state index < -0.39 is 0 Å². The first-order chi connectivity index (χ1) is 9.24. The second kappa shape index (κ2) is 5.06. The van der Waals surface area contributed by atoms with Crippen LogP contribution in [0.5, 0.6) is 0 Å². The van der Waals surface area contributed by atoms with Crippen molar-refractivity contribution in [3.63, 3.8) is 0 Å². The molecule has 1 fully saturated rings. The van der Waals surface area contributed by atoms with Crippen LogP contribution in [0.25, 0.3) is 0 Å². The average molecular weight is 272 g/mol. The molecule has 0 saturated heterocycles. The molecule has 0 unspecified atom stereocenters. The lowest BCUT2D eigenvalue weighted by molar-refractivity contribution is 0.102. The first-order valence-corrected chi connectivity index (χ1v) is 6.77. The Bertz CT molecular complexity index is 602. The van der Waals surface area contributed by atoms with Gasteiger partial charge in [-0.1, -0.05) is 35.9 Å². The lowest BCUT2D eigenvalue weighted by atomic mass is 10.1. The van der Waals surface area contributed by atoms with Gasteiger partial charge in [-0.15, -0.1) is 0 Å². The molecule has 1 amide bonds. The maximum atomic E-state index is 12.1. The van der Waals surface area contributed by atoms with Gasteiger partial charge in [0.2, 0.25) is 0 Å². The molecule has 0 atom stereocenters. The number of carbonyl (C=O) groups excluding carboxylic acids is 1. The predicted octanol–water partition coefficient (Wildman–Crippen LogP) is 4.47. The monoisotopic (exact) mass is 271 g/mol. The number of carbonyl (C=O) groups is 1. The topological polar surface area (TPSA) is 29.1 Å². The van der Waals surface area contributed by atoms with Crippen molar-refractivity contribution in [3.8, 4) is 0 Å². The number of rotatable bonds is 3. The van der Waals surface area contributed by atoms with Crippen molar-refractivity contribution in [3.05, 3.63) is 64.7 Å². The van der Waals surface area contributed by atoms with Gasteiger partial charge in [0.05, 0.1) is 10.6 Å². The van der Waals surface area contributed by atoms with Crippen LogP contribution in [0.4, 0.5) is 5.69 Å². The zero-order valence-electron chi connectivity index (χ0n) is 10.4. The number of amides is 1. The molecule has 0 heterocycles. The Kier molecular flexibility index (Phi) is 3.26. The molecule has 1 saturated carbocycles. The molecule has 1 aliphatic rings. The second-order valence-electron chi connectivity index (χ2n) is 4.83. The molecule has 96 valence electrons. The van der Waals surface area contributed by atoms with Crippen molar-refractivity contribution in [2.75, 3.05) is 5.32 Å². The Balaban J connectivity index is 1.74. The molecule has 3 heteroatoms. The first-order valence-electron chi connectivity index (χ1n) is 6.40. The molecule has 1 aliphatic carbocycles. The summed E-state index contributed by atoms with van der Waals surface area (Å²) in [5.74, 6) is 0.554. The van der Waals surface area contributed by atoms with Crippen molar-refractivity contribution < 1.29 is 4.79 Å². The zero-order valence-corrected chi connectivity index (χ0v) is 11.2. The molecular weight excluding hydrogens is 258 g/mol. The summed E-state index contributed by atoms with van der Waals surface area (Å²) in [6, 6.07) is 15.1. The van der Waals surface area contributed by atoms with Crippen LogP contribution in [0.15, 0.2) is 48.5 Å². The van der Waals surface area contributed by atoms with E-state index in [-0.39, 0.29) is 5.91 Å². The van der Waals surface area contributed by atoms with Crippen LogP contribution in [0, 0.1) is 0 Å². The van der Waals surface area contributed by atoms with E-state index in [0.717, 1.165) is 11.6 Å². The third kappa shape index (κ3) is 2.79. The standard InChI is InChI=1S/C16H14ClNO/c17-15-4-2-1-3-14(15)16(19)18-13-9-7-12(8-10-13)11-5-6-11/h1-4,7-11H,5-6H2,(H,18,19). The smallest absolute Gasteiger partial charge is 0.257 e. The Morgan fingerprint density at radius 1 is 1.05 bits per heavy atom. The molecule has 0 bridgehead atoms. The van der Waals surface area contributed by atoms with E-state index >= 15 is 0 Å². The molecular formula is C16H14ClNO. The van der Waals surface area contributed by atoms with Gasteiger partial charge in [-0.2, -0.15) is 0 Å². The summed E-state index contributed by atoms with van der Waals surface area (Å²) >= 11 is 6.00. The third-order valence-electron chi connectivity index (χ3n) is 3.34. The van der Waals surface area contributed by atoms with Crippen LogP contribution < -0.4 is 5.32 Å². The van der Waals surface area contributed by atoms with Crippen molar-refractivity contribution in [2.45, 2.75) is 18.8 Å². The van der Waals surface area contributed by atoms with Gasteiger partial charge in [0.15, 0.2) is 0 Å². The number of nitrogens with one attached hydrogen (secondary N) is 1. The van der Waals surface area contributed by atoms with E-state index in [2.05, 4.69) is 17.4 Å². The summed E-state index contributed by atoms with van der Waals surface area (Å²) in [6.45, 7) is 0. The van der Waals surface area contributed by atoms with Gasteiger partial charge in [0.1, 0.15) is 0 Å². The lowest BCUT2D eigenvalue weighted by Crippen LogP contribution is -2.12. The van der Waals surface area contributed by atoms with Crippen LogP contribution in [-0.4, -0.2) is 5.91 Å². The second-order valence-corrected chi connectivity index (χ2v) is 5.24. The molecule has 0 spiro atoms. The summed E-state index contributed by atoms with van der Waals surface area (Å²) in [5.41, 5.74) is 2.65. The van der Waals surface area contributed by atoms with Crippen LogP contribution in [0.3, 0.4) is 0 Å². The van der Waals surface area contributed by atoms with E-state index in [4.69, 9.17) is 11.6 Å². The first kappa shape index (κ1) is 12.2. The zero-order chi connectivity index (χ0) is 13.2. The van der Waals surface area contributed by atoms with Crippen molar-refractivity contribution >= 4 is 23.2 Å². The van der Waals surface area contributed by atoms with E-state index in [1.54, 1.807) is 18.2 Å². The Morgan fingerprint density at radius 2 is 1.74 bits per heavy atom. The highest BCUT2D eigenvalue weighted by Crippen LogP contribution is 2.40. The van der Waals surface area contributed by atoms with Crippen molar-refractivity contribution in [1.82, 2.24) is 0 Å². The van der Waals surface area contributed by atoms with Gasteiger partial charge in [-0.05, 0) is 48.6 Å². The van der Waals surface area contributed by atoms with Gasteiger partial charge in [0, 0.05) is 5.69 Å². The molecule has 1 N–H and O–H groups in total. The largest absolute Gasteiger partial charge is 0.322 e. The Labute approximate surface area is 117 Å². The van der Waals surface area contributed by atoms with Gasteiger partial charge in [-0.25, -0.2) is 0 Å². The van der Waals surface area contributed by atoms with Gasteiger partial charge in [-0.3, -0.25) is 4.79 Å².